The monoisotopic (exact) mass is 215 g/mol. The van der Waals surface area contributed by atoms with Gasteiger partial charge in [-0.15, -0.1) is 0 Å². The van der Waals surface area contributed by atoms with Crippen LogP contribution in [0.1, 0.15) is 45.4 Å². The van der Waals surface area contributed by atoms with Crippen LogP contribution in [0.3, 0.4) is 0 Å². The molecule has 2 fully saturated rings. The van der Waals surface area contributed by atoms with Crippen molar-refractivity contribution in [2.75, 3.05) is 0 Å². The first kappa shape index (κ1) is 10.1. The van der Waals surface area contributed by atoms with Crippen molar-refractivity contribution in [1.82, 2.24) is 0 Å². The summed E-state index contributed by atoms with van der Waals surface area (Å²) >= 11 is 0. The number of carbonyl (C=O) groups is 1. The maximum absolute atomic E-state index is 12.0. The van der Waals surface area contributed by atoms with Gasteiger partial charge in [0.25, 0.3) is 0 Å². The van der Waals surface area contributed by atoms with E-state index in [0.717, 1.165) is 24.0 Å². The molecule has 3 rings (SSSR count). The van der Waals surface area contributed by atoms with E-state index in [4.69, 9.17) is 0 Å². The van der Waals surface area contributed by atoms with Gasteiger partial charge in [0.1, 0.15) is 0 Å². The lowest BCUT2D eigenvalue weighted by Gasteiger charge is -2.36. The molecule has 2 nitrogen and oxygen atoms in total. The Labute approximate surface area is 96.3 Å². The van der Waals surface area contributed by atoms with Gasteiger partial charge in [0.2, 0.25) is 0 Å². The lowest BCUT2D eigenvalue weighted by molar-refractivity contribution is -0.114. The second-order valence-electron chi connectivity index (χ2n) is 5.74. The third-order valence-electron chi connectivity index (χ3n) is 5.07. The minimum Gasteiger partial charge on any atom is -0.294 e. The molecule has 3 unspecified atom stereocenters. The first-order valence-corrected chi connectivity index (χ1v) is 6.36. The van der Waals surface area contributed by atoms with Gasteiger partial charge in [-0.3, -0.25) is 4.79 Å². The normalized spacial score (nSPS) is 41.9. The van der Waals surface area contributed by atoms with E-state index < -0.39 is 0 Å². The van der Waals surface area contributed by atoms with Crippen molar-refractivity contribution in [2.24, 2.45) is 17.3 Å². The molecule has 0 amide bonds. The zero-order valence-electron chi connectivity index (χ0n) is 9.75. The van der Waals surface area contributed by atoms with Crippen molar-refractivity contribution >= 4 is 5.78 Å². The van der Waals surface area contributed by atoms with Gasteiger partial charge < -0.3 is 0 Å². The van der Waals surface area contributed by atoms with Crippen molar-refractivity contribution in [1.29, 1.82) is 5.26 Å². The van der Waals surface area contributed by atoms with Crippen molar-refractivity contribution in [3.05, 3.63) is 11.1 Å². The van der Waals surface area contributed by atoms with Gasteiger partial charge in [-0.25, -0.2) is 0 Å². The van der Waals surface area contributed by atoms with Crippen LogP contribution in [0, 0.1) is 28.6 Å². The number of nitriles is 1. The largest absolute Gasteiger partial charge is 0.294 e. The predicted molar refractivity (Wildman–Crippen MR) is 60.4 cm³/mol. The molecule has 16 heavy (non-hydrogen) atoms. The predicted octanol–water partition coefficient (Wildman–Crippen LogP) is 3.00. The number of ketones is 1. The van der Waals surface area contributed by atoms with Crippen LogP contribution >= 0.6 is 0 Å². The minimum atomic E-state index is 0.0488. The zero-order chi connectivity index (χ0) is 11.3. The fraction of sp³-hybridized carbons (Fsp3) is 0.714. The zero-order valence-corrected chi connectivity index (χ0v) is 9.75. The highest BCUT2D eigenvalue weighted by atomic mass is 16.1. The molecule has 3 aliphatic carbocycles. The Balaban J connectivity index is 2.14. The fourth-order valence-corrected chi connectivity index (χ4v) is 4.33. The topological polar surface area (TPSA) is 40.9 Å². The van der Waals surface area contributed by atoms with Crippen LogP contribution in [0.15, 0.2) is 11.1 Å². The highest BCUT2D eigenvalue weighted by Crippen LogP contribution is 2.61. The van der Waals surface area contributed by atoms with E-state index in [1.807, 2.05) is 0 Å². The fourth-order valence-electron chi connectivity index (χ4n) is 4.33. The van der Waals surface area contributed by atoms with E-state index in [9.17, 15) is 10.1 Å². The Morgan fingerprint density at radius 2 is 2.12 bits per heavy atom. The number of rotatable bonds is 0. The standard InChI is InChI=1S/C14H17NO/c1-14-7-6-12(16)13(14)10(8-15)9-4-2-3-5-11(9)14/h9,11H,2-7H2,1H3. The van der Waals surface area contributed by atoms with Crippen LogP contribution in [0.4, 0.5) is 0 Å². The van der Waals surface area contributed by atoms with Crippen molar-refractivity contribution in [3.63, 3.8) is 0 Å². The highest BCUT2D eigenvalue weighted by Gasteiger charge is 2.56. The third-order valence-corrected chi connectivity index (χ3v) is 5.07. The maximum atomic E-state index is 12.0. The molecule has 0 aromatic rings. The molecule has 0 saturated heterocycles. The number of hydrogen-bond donors (Lipinski definition) is 0. The highest BCUT2D eigenvalue weighted by molar-refractivity contribution is 6.01. The molecule has 0 heterocycles. The van der Waals surface area contributed by atoms with Crippen molar-refractivity contribution < 1.29 is 4.79 Å². The lowest BCUT2D eigenvalue weighted by Crippen LogP contribution is -2.28. The second kappa shape index (κ2) is 3.20. The summed E-state index contributed by atoms with van der Waals surface area (Å²) in [4.78, 5) is 12.0. The average molecular weight is 215 g/mol. The van der Waals surface area contributed by atoms with Gasteiger partial charge in [-0.05, 0) is 31.1 Å². The van der Waals surface area contributed by atoms with E-state index in [1.54, 1.807) is 0 Å². The minimum absolute atomic E-state index is 0.0488. The van der Waals surface area contributed by atoms with Crippen LogP contribution in [0.25, 0.3) is 0 Å². The summed E-state index contributed by atoms with van der Waals surface area (Å²) in [5.74, 6) is 1.24. The Bertz CT molecular complexity index is 429. The molecule has 0 radical (unpaired) electrons. The molecular formula is C14H17NO. The Hall–Kier alpha value is -1.10. The van der Waals surface area contributed by atoms with E-state index in [2.05, 4.69) is 13.0 Å². The van der Waals surface area contributed by atoms with Crippen molar-refractivity contribution in [3.8, 4) is 6.07 Å². The van der Waals surface area contributed by atoms with Gasteiger partial charge in [-0.1, -0.05) is 19.8 Å². The van der Waals surface area contributed by atoms with Gasteiger partial charge in [0.15, 0.2) is 5.78 Å². The second-order valence-corrected chi connectivity index (χ2v) is 5.74. The number of carbonyl (C=O) groups excluding carboxylic acids is 1. The lowest BCUT2D eigenvalue weighted by atomic mass is 9.67. The number of nitrogens with zero attached hydrogens (tertiary/aromatic N) is 1. The molecule has 0 aromatic carbocycles. The molecular weight excluding hydrogens is 198 g/mol. The van der Waals surface area contributed by atoms with Gasteiger partial charge in [0, 0.05) is 23.0 Å². The van der Waals surface area contributed by atoms with E-state index in [-0.39, 0.29) is 11.2 Å². The molecule has 0 aromatic heterocycles. The first-order chi connectivity index (χ1) is 7.68. The third kappa shape index (κ3) is 1.04. The number of fused-ring (bicyclic) bond motifs is 3. The summed E-state index contributed by atoms with van der Waals surface area (Å²) < 4.78 is 0. The summed E-state index contributed by atoms with van der Waals surface area (Å²) in [6.07, 6.45) is 6.48. The molecule has 0 aliphatic heterocycles. The molecule has 2 saturated carbocycles. The van der Waals surface area contributed by atoms with Gasteiger partial charge >= 0.3 is 0 Å². The maximum Gasteiger partial charge on any atom is 0.160 e. The SMILES string of the molecule is CC12CCC(=O)C1=C(C#N)C1CCCCC12. The summed E-state index contributed by atoms with van der Waals surface area (Å²) in [6, 6.07) is 2.35. The number of hydrogen-bond acceptors (Lipinski definition) is 2. The van der Waals surface area contributed by atoms with Crippen LogP contribution < -0.4 is 0 Å². The summed E-state index contributed by atoms with van der Waals surface area (Å²) in [7, 11) is 0. The summed E-state index contributed by atoms with van der Waals surface area (Å²) in [6.45, 7) is 2.22. The summed E-state index contributed by atoms with van der Waals surface area (Å²) in [5.41, 5.74) is 1.83. The molecule has 0 bridgehead atoms. The Morgan fingerprint density at radius 1 is 1.38 bits per heavy atom. The van der Waals surface area contributed by atoms with Gasteiger partial charge in [-0.2, -0.15) is 5.26 Å². The molecule has 84 valence electrons. The van der Waals surface area contributed by atoms with Crippen LogP contribution in [0.2, 0.25) is 0 Å². The van der Waals surface area contributed by atoms with Crippen LogP contribution in [-0.2, 0) is 4.79 Å². The Morgan fingerprint density at radius 3 is 2.88 bits per heavy atom. The van der Waals surface area contributed by atoms with Crippen LogP contribution in [0.5, 0.6) is 0 Å². The summed E-state index contributed by atoms with van der Waals surface area (Å²) in [5, 5.41) is 9.32. The van der Waals surface area contributed by atoms with Crippen molar-refractivity contribution in [2.45, 2.75) is 45.4 Å². The van der Waals surface area contributed by atoms with E-state index in [1.165, 1.54) is 19.3 Å². The Kier molecular flexibility index (Phi) is 2.01. The number of allylic oxidation sites excluding steroid dienone is 2. The molecule has 0 N–H and O–H groups in total. The molecule has 2 heteroatoms. The molecule has 3 aliphatic rings. The van der Waals surface area contributed by atoms with Gasteiger partial charge in [0.05, 0.1) is 6.07 Å². The molecule has 0 spiro atoms. The van der Waals surface area contributed by atoms with E-state index in [0.29, 0.717) is 18.3 Å². The number of Topliss-reactive ketones (excluding diaryl/α,β-unsaturated/α-hetero) is 1. The average Bonchev–Trinajstić information content (AvgIpc) is 2.73. The first-order valence-electron chi connectivity index (χ1n) is 6.36. The van der Waals surface area contributed by atoms with Crippen LogP contribution in [-0.4, -0.2) is 5.78 Å². The molecule has 3 atom stereocenters. The smallest absolute Gasteiger partial charge is 0.160 e. The van der Waals surface area contributed by atoms with E-state index >= 15 is 0 Å². The quantitative estimate of drug-likeness (QED) is 0.623.